The van der Waals surface area contributed by atoms with Crippen molar-refractivity contribution in [3.05, 3.63) is 23.2 Å². The molecule has 0 aromatic heterocycles. The second kappa shape index (κ2) is 6.00. The van der Waals surface area contributed by atoms with Gasteiger partial charge in [-0.3, -0.25) is 0 Å². The fraction of sp³-hybridized carbons (Fsp3) is 0.538. The summed E-state index contributed by atoms with van der Waals surface area (Å²) in [6.07, 6.45) is 0. The summed E-state index contributed by atoms with van der Waals surface area (Å²) in [5.74, 6) is 1.33. The van der Waals surface area contributed by atoms with Crippen LogP contribution in [0, 0.1) is 5.92 Å². The molecule has 1 N–H and O–H groups in total. The molecule has 0 bridgehead atoms. The number of benzene rings is 1. The second-order valence-corrected chi connectivity index (χ2v) is 4.66. The van der Waals surface area contributed by atoms with Crippen molar-refractivity contribution in [3.8, 4) is 5.75 Å². The molecular weight excluding hydrogens is 222 g/mol. The Bertz CT molecular complexity index is 339. The molecule has 1 unspecified atom stereocenters. The first-order valence-electron chi connectivity index (χ1n) is 5.73. The van der Waals surface area contributed by atoms with E-state index in [1.54, 1.807) is 0 Å². The summed E-state index contributed by atoms with van der Waals surface area (Å²) in [4.78, 5) is 0. The fourth-order valence-corrected chi connectivity index (χ4v) is 1.53. The van der Waals surface area contributed by atoms with Crippen molar-refractivity contribution >= 4 is 17.3 Å². The lowest BCUT2D eigenvalue weighted by Gasteiger charge is -2.19. The molecule has 0 heterocycles. The second-order valence-electron chi connectivity index (χ2n) is 4.26. The normalized spacial score (nSPS) is 12.6. The van der Waals surface area contributed by atoms with Crippen molar-refractivity contribution in [2.75, 3.05) is 11.9 Å². The SMILES string of the molecule is CCOc1ccc(NC(C)C(C)C)cc1Cl. The lowest BCUT2D eigenvalue weighted by Crippen LogP contribution is -2.21. The zero-order chi connectivity index (χ0) is 12.1. The first kappa shape index (κ1) is 13.2. The van der Waals surface area contributed by atoms with Gasteiger partial charge in [0, 0.05) is 11.7 Å². The predicted octanol–water partition coefficient (Wildman–Crippen LogP) is 4.20. The van der Waals surface area contributed by atoms with Crippen LogP contribution in [-0.2, 0) is 0 Å². The van der Waals surface area contributed by atoms with E-state index >= 15 is 0 Å². The Morgan fingerprint density at radius 1 is 1.31 bits per heavy atom. The molecule has 0 saturated carbocycles. The van der Waals surface area contributed by atoms with E-state index in [1.807, 2.05) is 25.1 Å². The molecule has 1 aromatic rings. The highest BCUT2D eigenvalue weighted by molar-refractivity contribution is 6.32. The molecule has 0 aliphatic heterocycles. The number of nitrogens with one attached hydrogen (secondary N) is 1. The maximum atomic E-state index is 6.11. The van der Waals surface area contributed by atoms with Crippen molar-refractivity contribution in [3.63, 3.8) is 0 Å². The van der Waals surface area contributed by atoms with E-state index < -0.39 is 0 Å². The Balaban J connectivity index is 2.73. The molecule has 0 spiro atoms. The van der Waals surface area contributed by atoms with Crippen LogP contribution in [0.4, 0.5) is 5.69 Å². The van der Waals surface area contributed by atoms with Gasteiger partial charge >= 0.3 is 0 Å². The number of halogens is 1. The minimum atomic E-state index is 0.425. The van der Waals surface area contributed by atoms with E-state index in [-0.39, 0.29) is 0 Å². The Morgan fingerprint density at radius 2 is 2.00 bits per heavy atom. The summed E-state index contributed by atoms with van der Waals surface area (Å²) in [7, 11) is 0. The van der Waals surface area contributed by atoms with Crippen molar-refractivity contribution in [2.45, 2.75) is 33.7 Å². The largest absolute Gasteiger partial charge is 0.492 e. The predicted molar refractivity (Wildman–Crippen MR) is 70.5 cm³/mol. The summed E-state index contributed by atoms with van der Waals surface area (Å²) in [5, 5.41) is 4.07. The van der Waals surface area contributed by atoms with Gasteiger partial charge in [-0.2, -0.15) is 0 Å². The van der Waals surface area contributed by atoms with E-state index in [1.165, 1.54) is 0 Å². The molecule has 2 nitrogen and oxygen atoms in total. The zero-order valence-corrected chi connectivity index (χ0v) is 11.1. The van der Waals surface area contributed by atoms with Gasteiger partial charge in [-0.05, 0) is 38.0 Å². The van der Waals surface area contributed by atoms with E-state index in [0.29, 0.717) is 23.6 Å². The molecule has 1 aromatic carbocycles. The summed E-state index contributed by atoms with van der Waals surface area (Å²) in [5.41, 5.74) is 1.04. The maximum absolute atomic E-state index is 6.11. The number of ether oxygens (including phenoxy) is 1. The van der Waals surface area contributed by atoms with Gasteiger partial charge in [0.2, 0.25) is 0 Å². The molecule has 0 fully saturated rings. The third-order valence-corrected chi connectivity index (χ3v) is 2.92. The zero-order valence-electron chi connectivity index (χ0n) is 10.4. The molecule has 1 rings (SSSR count). The van der Waals surface area contributed by atoms with Gasteiger partial charge in [-0.15, -0.1) is 0 Å². The topological polar surface area (TPSA) is 21.3 Å². The van der Waals surface area contributed by atoms with E-state index in [0.717, 1.165) is 11.4 Å². The van der Waals surface area contributed by atoms with Crippen molar-refractivity contribution in [1.29, 1.82) is 0 Å². The van der Waals surface area contributed by atoms with Crippen LogP contribution in [0.3, 0.4) is 0 Å². The van der Waals surface area contributed by atoms with Crippen LogP contribution in [0.25, 0.3) is 0 Å². The maximum Gasteiger partial charge on any atom is 0.138 e. The Kier molecular flexibility index (Phi) is 4.94. The smallest absolute Gasteiger partial charge is 0.138 e. The monoisotopic (exact) mass is 241 g/mol. The molecule has 0 aliphatic carbocycles. The van der Waals surface area contributed by atoms with Crippen LogP contribution in [0.1, 0.15) is 27.7 Å². The summed E-state index contributed by atoms with van der Waals surface area (Å²) in [6.45, 7) is 9.12. The van der Waals surface area contributed by atoms with Gasteiger partial charge in [0.1, 0.15) is 5.75 Å². The highest BCUT2D eigenvalue weighted by atomic mass is 35.5. The molecule has 0 radical (unpaired) electrons. The van der Waals surface area contributed by atoms with Crippen LogP contribution in [-0.4, -0.2) is 12.6 Å². The average Bonchev–Trinajstić information content (AvgIpc) is 2.22. The molecule has 0 amide bonds. The quantitative estimate of drug-likeness (QED) is 0.835. The fourth-order valence-electron chi connectivity index (χ4n) is 1.29. The Labute approximate surface area is 103 Å². The lowest BCUT2D eigenvalue weighted by molar-refractivity contribution is 0.340. The van der Waals surface area contributed by atoms with Gasteiger partial charge in [0.05, 0.1) is 11.6 Å². The van der Waals surface area contributed by atoms with Gasteiger partial charge in [-0.1, -0.05) is 25.4 Å². The van der Waals surface area contributed by atoms with Crippen LogP contribution < -0.4 is 10.1 Å². The van der Waals surface area contributed by atoms with Crippen molar-refractivity contribution in [2.24, 2.45) is 5.92 Å². The van der Waals surface area contributed by atoms with Gasteiger partial charge < -0.3 is 10.1 Å². The third-order valence-electron chi connectivity index (χ3n) is 2.63. The first-order chi connectivity index (χ1) is 7.54. The van der Waals surface area contributed by atoms with Gasteiger partial charge in [0.15, 0.2) is 0 Å². The van der Waals surface area contributed by atoms with E-state index in [2.05, 4.69) is 26.1 Å². The molecule has 1 atom stereocenters. The van der Waals surface area contributed by atoms with Crippen molar-refractivity contribution in [1.82, 2.24) is 0 Å². The highest BCUT2D eigenvalue weighted by Crippen LogP contribution is 2.28. The minimum absolute atomic E-state index is 0.425. The minimum Gasteiger partial charge on any atom is -0.492 e. The summed E-state index contributed by atoms with van der Waals surface area (Å²) >= 11 is 6.11. The number of hydrogen-bond donors (Lipinski definition) is 1. The van der Waals surface area contributed by atoms with Crippen LogP contribution >= 0.6 is 11.6 Å². The standard InChI is InChI=1S/C13H20ClNO/c1-5-16-13-7-6-11(8-12(13)14)15-10(4)9(2)3/h6-10,15H,5H2,1-4H3. The third kappa shape index (κ3) is 3.60. The molecule has 16 heavy (non-hydrogen) atoms. The number of hydrogen-bond acceptors (Lipinski definition) is 2. The van der Waals surface area contributed by atoms with Crippen LogP contribution in [0.5, 0.6) is 5.75 Å². The van der Waals surface area contributed by atoms with Crippen LogP contribution in [0.15, 0.2) is 18.2 Å². The first-order valence-corrected chi connectivity index (χ1v) is 6.11. The van der Waals surface area contributed by atoms with Gasteiger partial charge in [-0.25, -0.2) is 0 Å². The molecular formula is C13H20ClNO. The lowest BCUT2D eigenvalue weighted by atomic mass is 10.1. The summed E-state index contributed by atoms with van der Waals surface area (Å²) in [6, 6.07) is 6.23. The van der Waals surface area contributed by atoms with Crippen LogP contribution in [0.2, 0.25) is 5.02 Å². The van der Waals surface area contributed by atoms with Crippen molar-refractivity contribution < 1.29 is 4.74 Å². The molecule has 90 valence electrons. The molecule has 0 saturated heterocycles. The Morgan fingerprint density at radius 3 is 2.50 bits per heavy atom. The molecule has 0 aliphatic rings. The summed E-state index contributed by atoms with van der Waals surface area (Å²) < 4.78 is 5.38. The van der Waals surface area contributed by atoms with Gasteiger partial charge in [0.25, 0.3) is 0 Å². The average molecular weight is 242 g/mol. The van der Waals surface area contributed by atoms with E-state index in [9.17, 15) is 0 Å². The number of rotatable bonds is 5. The van der Waals surface area contributed by atoms with E-state index in [4.69, 9.17) is 16.3 Å². The number of anilines is 1. The highest BCUT2D eigenvalue weighted by Gasteiger charge is 2.08. The molecule has 3 heteroatoms. The Hall–Kier alpha value is -0.890.